The molecule has 0 saturated carbocycles. The number of nitrogens with one attached hydrogen (secondary N) is 1. The third-order valence-corrected chi connectivity index (χ3v) is 4.96. The molecule has 27 heavy (non-hydrogen) atoms. The molecular weight excluding hydrogens is 362 g/mol. The highest BCUT2D eigenvalue weighted by atomic mass is 32.1. The number of anilines is 1. The average Bonchev–Trinajstić information content (AvgIpc) is 3.04. The van der Waals surface area contributed by atoms with E-state index in [9.17, 15) is 9.59 Å². The Kier molecular flexibility index (Phi) is 5.61. The van der Waals surface area contributed by atoms with Crippen LogP contribution in [0.25, 0.3) is 10.7 Å². The van der Waals surface area contributed by atoms with E-state index in [2.05, 4.69) is 15.3 Å². The van der Waals surface area contributed by atoms with Gasteiger partial charge in [-0.25, -0.2) is 9.78 Å². The van der Waals surface area contributed by atoms with Gasteiger partial charge in [-0.2, -0.15) is 0 Å². The van der Waals surface area contributed by atoms with Crippen molar-refractivity contribution in [2.24, 2.45) is 0 Å². The summed E-state index contributed by atoms with van der Waals surface area (Å²) in [6, 6.07) is 12.9. The molecule has 0 aliphatic heterocycles. The van der Waals surface area contributed by atoms with Crippen molar-refractivity contribution in [3.63, 3.8) is 0 Å². The van der Waals surface area contributed by atoms with Crippen LogP contribution in [0.2, 0.25) is 0 Å². The quantitative estimate of drug-likeness (QED) is 0.676. The number of aryl methyl sites for hydroxylation is 2. The predicted molar refractivity (Wildman–Crippen MR) is 105 cm³/mol. The molecule has 138 valence electrons. The van der Waals surface area contributed by atoms with E-state index in [0.717, 1.165) is 5.56 Å². The fourth-order valence-corrected chi connectivity index (χ4v) is 3.34. The van der Waals surface area contributed by atoms with Crippen molar-refractivity contribution < 1.29 is 14.3 Å². The topological polar surface area (TPSA) is 81.2 Å². The molecule has 0 unspecified atom stereocenters. The van der Waals surface area contributed by atoms with Crippen molar-refractivity contribution in [2.75, 3.05) is 5.32 Å². The van der Waals surface area contributed by atoms with Crippen LogP contribution < -0.4 is 5.32 Å². The van der Waals surface area contributed by atoms with E-state index in [4.69, 9.17) is 4.74 Å². The zero-order chi connectivity index (χ0) is 19.4. The molecule has 1 N–H and O–H groups in total. The summed E-state index contributed by atoms with van der Waals surface area (Å²) in [7, 11) is 0. The number of rotatable bonds is 5. The van der Waals surface area contributed by atoms with E-state index in [1.165, 1.54) is 11.3 Å². The summed E-state index contributed by atoms with van der Waals surface area (Å²) in [5.74, 6) is -0.958. The molecule has 1 aromatic carbocycles. The van der Waals surface area contributed by atoms with Gasteiger partial charge in [0.15, 0.2) is 6.10 Å². The van der Waals surface area contributed by atoms with Gasteiger partial charge >= 0.3 is 5.97 Å². The van der Waals surface area contributed by atoms with E-state index in [-0.39, 0.29) is 5.91 Å². The van der Waals surface area contributed by atoms with E-state index in [1.807, 2.05) is 43.3 Å². The highest BCUT2D eigenvalue weighted by Crippen LogP contribution is 2.27. The van der Waals surface area contributed by atoms with Crippen molar-refractivity contribution >= 4 is 28.9 Å². The Bertz CT molecular complexity index is 970. The lowest BCUT2D eigenvalue weighted by Gasteiger charge is -2.13. The van der Waals surface area contributed by atoms with Gasteiger partial charge in [-0.15, -0.1) is 11.3 Å². The van der Waals surface area contributed by atoms with Gasteiger partial charge in [-0.05, 0) is 50.6 Å². The Balaban J connectivity index is 1.68. The minimum atomic E-state index is -0.933. The number of pyridine rings is 1. The number of esters is 1. The van der Waals surface area contributed by atoms with Crippen LogP contribution in [0.5, 0.6) is 0 Å². The van der Waals surface area contributed by atoms with Crippen molar-refractivity contribution in [1.29, 1.82) is 0 Å². The molecule has 0 aliphatic carbocycles. The maximum Gasteiger partial charge on any atom is 0.351 e. The van der Waals surface area contributed by atoms with Gasteiger partial charge in [0.05, 0.1) is 11.4 Å². The summed E-state index contributed by atoms with van der Waals surface area (Å²) in [5.41, 5.74) is 2.93. The van der Waals surface area contributed by atoms with Crippen LogP contribution in [0.4, 0.5) is 5.69 Å². The Hall–Kier alpha value is -3.06. The fourth-order valence-electron chi connectivity index (χ4n) is 2.42. The summed E-state index contributed by atoms with van der Waals surface area (Å²) < 4.78 is 5.33. The molecule has 0 spiro atoms. The summed E-state index contributed by atoms with van der Waals surface area (Å²) in [6.07, 6.45) is 0.736. The highest BCUT2D eigenvalue weighted by Gasteiger charge is 2.23. The zero-order valence-corrected chi connectivity index (χ0v) is 16.0. The Morgan fingerprint density at radius 1 is 1.15 bits per heavy atom. The number of thiazole rings is 1. The van der Waals surface area contributed by atoms with Crippen LogP contribution in [-0.2, 0) is 9.53 Å². The summed E-state index contributed by atoms with van der Waals surface area (Å²) in [5, 5.41) is 3.38. The maximum atomic E-state index is 12.5. The van der Waals surface area contributed by atoms with Crippen LogP contribution in [-0.4, -0.2) is 27.9 Å². The molecule has 2 heterocycles. The molecule has 0 bridgehead atoms. The maximum absolute atomic E-state index is 12.5. The number of carbonyl (C=O) groups is 2. The second-order valence-corrected chi connectivity index (χ2v) is 7.05. The Morgan fingerprint density at radius 2 is 1.96 bits per heavy atom. The Labute approximate surface area is 161 Å². The van der Waals surface area contributed by atoms with Gasteiger partial charge < -0.3 is 10.1 Å². The third-order valence-electron chi connectivity index (χ3n) is 3.80. The summed E-state index contributed by atoms with van der Waals surface area (Å²) in [6.45, 7) is 5.21. The SMILES string of the molecule is Cc1cccc(NC(=O)[C@H](C)OC(=O)c2sc(-c3ccccn3)nc2C)c1. The van der Waals surface area contributed by atoms with E-state index < -0.39 is 12.1 Å². The molecule has 7 heteroatoms. The van der Waals surface area contributed by atoms with Gasteiger partial charge in [0.25, 0.3) is 5.91 Å². The van der Waals surface area contributed by atoms with Crippen molar-refractivity contribution in [3.8, 4) is 10.7 Å². The number of ether oxygens (including phenoxy) is 1. The molecule has 1 amide bonds. The molecule has 3 aromatic rings. The van der Waals surface area contributed by atoms with Gasteiger partial charge in [0.2, 0.25) is 0 Å². The number of carbonyl (C=O) groups excluding carboxylic acids is 2. The molecular formula is C20H19N3O3S. The number of hydrogen-bond donors (Lipinski definition) is 1. The zero-order valence-electron chi connectivity index (χ0n) is 15.2. The average molecular weight is 381 g/mol. The van der Waals surface area contributed by atoms with Gasteiger partial charge in [-0.1, -0.05) is 18.2 Å². The smallest absolute Gasteiger partial charge is 0.351 e. The van der Waals surface area contributed by atoms with Gasteiger partial charge in [0, 0.05) is 11.9 Å². The lowest BCUT2D eigenvalue weighted by Crippen LogP contribution is -2.30. The highest BCUT2D eigenvalue weighted by molar-refractivity contribution is 7.17. The summed E-state index contributed by atoms with van der Waals surface area (Å²) >= 11 is 1.20. The molecule has 0 aliphatic rings. The van der Waals surface area contributed by atoms with E-state index >= 15 is 0 Å². The fraction of sp³-hybridized carbons (Fsp3) is 0.200. The first-order valence-corrected chi connectivity index (χ1v) is 9.23. The van der Waals surface area contributed by atoms with Crippen molar-refractivity contribution in [3.05, 3.63) is 64.8 Å². The van der Waals surface area contributed by atoms with Crippen LogP contribution >= 0.6 is 11.3 Å². The molecule has 3 rings (SSSR count). The van der Waals surface area contributed by atoms with Crippen molar-refractivity contribution in [1.82, 2.24) is 9.97 Å². The summed E-state index contributed by atoms with van der Waals surface area (Å²) in [4.78, 5) is 33.8. The minimum absolute atomic E-state index is 0.367. The molecule has 0 radical (unpaired) electrons. The van der Waals surface area contributed by atoms with Crippen LogP contribution in [0.3, 0.4) is 0 Å². The van der Waals surface area contributed by atoms with Crippen LogP contribution in [0, 0.1) is 13.8 Å². The number of aromatic nitrogens is 2. The standard InChI is InChI=1S/C20H19N3O3S/c1-12-7-6-8-15(11-12)23-18(24)14(3)26-20(25)17-13(2)22-19(27-17)16-9-4-5-10-21-16/h4-11,14H,1-3H3,(H,23,24)/t14-/m0/s1. The minimum Gasteiger partial charge on any atom is -0.448 e. The number of hydrogen-bond acceptors (Lipinski definition) is 6. The van der Waals surface area contributed by atoms with Gasteiger partial charge in [-0.3, -0.25) is 9.78 Å². The second kappa shape index (κ2) is 8.09. The lowest BCUT2D eigenvalue weighted by molar-refractivity contribution is -0.123. The second-order valence-electron chi connectivity index (χ2n) is 6.05. The normalized spacial score (nSPS) is 11.7. The molecule has 0 saturated heterocycles. The largest absolute Gasteiger partial charge is 0.448 e. The van der Waals surface area contributed by atoms with E-state index in [1.54, 1.807) is 26.1 Å². The first kappa shape index (κ1) is 18.7. The first-order valence-electron chi connectivity index (χ1n) is 8.41. The molecule has 0 fully saturated rings. The molecule has 1 atom stereocenters. The van der Waals surface area contributed by atoms with Crippen LogP contribution in [0.15, 0.2) is 48.7 Å². The molecule has 2 aromatic heterocycles. The van der Waals surface area contributed by atoms with E-state index in [0.29, 0.717) is 27.0 Å². The number of amides is 1. The number of benzene rings is 1. The lowest BCUT2D eigenvalue weighted by atomic mass is 10.2. The van der Waals surface area contributed by atoms with Gasteiger partial charge in [0.1, 0.15) is 9.88 Å². The monoisotopic (exact) mass is 381 g/mol. The Morgan fingerprint density at radius 3 is 2.67 bits per heavy atom. The predicted octanol–water partition coefficient (Wildman–Crippen LogP) is 4.01. The number of nitrogens with zero attached hydrogens (tertiary/aromatic N) is 2. The third kappa shape index (κ3) is 4.57. The molecule has 6 nitrogen and oxygen atoms in total. The van der Waals surface area contributed by atoms with Crippen LogP contribution in [0.1, 0.15) is 27.9 Å². The first-order chi connectivity index (χ1) is 12.9. The van der Waals surface area contributed by atoms with Crippen molar-refractivity contribution in [2.45, 2.75) is 26.9 Å².